The fourth-order valence-electron chi connectivity index (χ4n) is 2.14. The lowest BCUT2D eigenvalue weighted by Gasteiger charge is -2.04. The molecule has 0 bridgehead atoms. The van der Waals surface area contributed by atoms with Gasteiger partial charge in [-0.1, -0.05) is 17.7 Å². The van der Waals surface area contributed by atoms with Gasteiger partial charge in [-0.25, -0.2) is 4.68 Å². The topological polar surface area (TPSA) is 38.0 Å². The minimum absolute atomic E-state index is 0.260. The first-order valence-electron chi connectivity index (χ1n) is 5.90. The van der Waals surface area contributed by atoms with Crippen LogP contribution in [0.3, 0.4) is 0 Å². The van der Waals surface area contributed by atoms with Gasteiger partial charge in [-0.15, -0.1) is 0 Å². The summed E-state index contributed by atoms with van der Waals surface area (Å²) < 4.78 is 1.86. The minimum Gasteiger partial charge on any atom is -0.508 e. The van der Waals surface area contributed by atoms with Crippen LogP contribution in [0.25, 0.3) is 16.6 Å². The zero-order valence-electron chi connectivity index (χ0n) is 10.4. The molecular formula is C15H14N2O. The Morgan fingerprint density at radius 1 is 1.00 bits per heavy atom. The van der Waals surface area contributed by atoms with E-state index in [0.29, 0.717) is 0 Å². The number of hydrogen-bond donors (Lipinski definition) is 1. The van der Waals surface area contributed by atoms with Crippen LogP contribution in [0, 0.1) is 13.8 Å². The van der Waals surface area contributed by atoms with Gasteiger partial charge in [-0.05, 0) is 38.1 Å². The fraction of sp³-hybridized carbons (Fsp3) is 0.133. The van der Waals surface area contributed by atoms with Crippen LogP contribution in [-0.2, 0) is 0 Å². The minimum atomic E-state index is 0.260. The number of hydrogen-bond acceptors (Lipinski definition) is 2. The van der Waals surface area contributed by atoms with Crippen molar-refractivity contribution in [1.29, 1.82) is 0 Å². The number of phenols is 1. The maximum atomic E-state index is 9.61. The molecule has 3 heteroatoms. The molecule has 0 atom stereocenters. The number of phenolic OH excluding ortho intramolecular Hbond substituents is 1. The Morgan fingerprint density at radius 2 is 1.72 bits per heavy atom. The molecule has 90 valence electrons. The van der Waals surface area contributed by atoms with Crippen molar-refractivity contribution in [2.45, 2.75) is 13.8 Å². The van der Waals surface area contributed by atoms with Crippen LogP contribution >= 0.6 is 0 Å². The standard InChI is InChI=1S/C15H14N2O/c1-10-3-5-12(6-4-10)17-15-9-13(18)7-8-14(15)11(2)16-17/h3-9,18H,1-2H3. The summed E-state index contributed by atoms with van der Waals surface area (Å²) in [5.41, 5.74) is 4.11. The van der Waals surface area contributed by atoms with Crippen molar-refractivity contribution in [3.8, 4) is 11.4 Å². The maximum absolute atomic E-state index is 9.61. The van der Waals surface area contributed by atoms with E-state index in [0.717, 1.165) is 22.3 Å². The second kappa shape index (κ2) is 3.88. The zero-order chi connectivity index (χ0) is 12.7. The first kappa shape index (κ1) is 10.8. The Labute approximate surface area is 105 Å². The molecular weight excluding hydrogens is 224 g/mol. The molecule has 0 aliphatic heterocycles. The number of aromatic hydroxyl groups is 1. The predicted molar refractivity (Wildman–Crippen MR) is 72.2 cm³/mol. The molecule has 3 nitrogen and oxygen atoms in total. The van der Waals surface area contributed by atoms with Crippen LogP contribution in [0.4, 0.5) is 0 Å². The molecule has 2 aromatic carbocycles. The number of fused-ring (bicyclic) bond motifs is 1. The average Bonchev–Trinajstić information content (AvgIpc) is 2.67. The van der Waals surface area contributed by atoms with Crippen molar-refractivity contribution in [1.82, 2.24) is 9.78 Å². The van der Waals surface area contributed by atoms with Gasteiger partial charge in [-0.2, -0.15) is 5.10 Å². The average molecular weight is 238 g/mol. The SMILES string of the molecule is Cc1ccc(-n2nc(C)c3ccc(O)cc32)cc1. The summed E-state index contributed by atoms with van der Waals surface area (Å²) in [5.74, 6) is 0.260. The number of aromatic nitrogens is 2. The number of rotatable bonds is 1. The van der Waals surface area contributed by atoms with Crippen molar-refractivity contribution in [3.05, 3.63) is 53.7 Å². The molecule has 1 heterocycles. The molecule has 0 saturated carbocycles. The van der Waals surface area contributed by atoms with Crippen molar-refractivity contribution in [2.24, 2.45) is 0 Å². The molecule has 0 saturated heterocycles. The largest absolute Gasteiger partial charge is 0.508 e. The molecule has 0 amide bonds. The lowest BCUT2D eigenvalue weighted by molar-refractivity contribution is 0.476. The van der Waals surface area contributed by atoms with E-state index in [9.17, 15) is 5.11 Å². The zero-order valence-corrected chi connectivity index (χ0v) is 10.4. The van der Waals surface area contributed by atoms with Gasteiger partial charge < -0.3 is 5.11 Å². The summed E-state index contributed by atoms with van der Waals surface area (Å²) >= 11 is 0. The summed E-state index contributed by atoms with van der Waals surface area (Å²) in [6.45, 7) is 4.03. The highest BCUT2D eigenvalue weighted by atomic mass is 16.3. The van der Waals surface area contributed by atoms with Crippen molar-refractivity contribution in [2.75, 3.05) is 0 Å². The van der Waals surface area contributed by atoms with Crippen molar-refractivity contribution in [3.63, 3.8) is 0 Å². The third-order valence-electron chi connectivity index (χ3n) is 3.13. The van der Waals surface area contributed by atoms with E-state index in [1.165, 1.54) is 5.56 Å². The van der Waals surface area contributed by atoms with E-state index in [4.69, 9.17) is 0 Å². The highest BCUT2D eigenvalue weighted by molar-refractivity contribution is 5.84. The van der Waals surface area contributed by atoms with Gasteiger partial charge in [0, 0.05) is 11.5 Å². The molecule has 0 fully saturated rings. The van der Waals surface area contributed by atoms with Crippen LogP contribution in [0.2, 0.25) is 0 Å². The van der Waals surface area contributed by atoms with E-state index in [1.54, 1.807) is 12.1 Å². The number of benzene rings is 2. The number of aryl methyl sites for hydroxylation is 2. The van der Waals surface area contributed by atoms with Crippen LogP contribution in [0.5, 0.6) is 5.75 Å². The van der Waals surface area contributed by atoms with Gasteiger partial charge in [0.15, 0.2) is 0 Å². The van der Waals surface area contributed by atoms with Gasteiger partial charge in [0.05, 0.1) is 16.9 Å². The van der Waals surface area contributed by atoms with Crippen LogP contribution in [0.1, 0.15) is 11.3 Å². The molecule has 0 aliphatic rings. The van der Waals surface area contributed by atoms with E-state index in [-0.39, 0.29) is 5.75 Å². The molecule has 1 N–H and O–H groups in total. The highest BCUT2D eigenvalue weighted by Crippen LogP contribution is 2.25. The van der Waals surface area contributed by atoms with Crippen LogP contribution in [0.15, 0.2) is 42.5 Å². The highest BCUT2D eigenvalue weighted by Gasteiger charge is 2.09. The number of nitrogens with zero attached hydrogens (tertiary/aromatic N) is 2. The summed E-state index contributed by atoms with van der Waals surface area (Å²) in [5, 5.41) is 15.2. The predicted octanol–water partition coefficient (Wildman–Crippen LogP) is 3.35. The molecule has 0 aliphatic carbocycles. The molecule has 0 unspecified atom stereocenters. The van der Waals surface area contributed by atoms with E-state index in [1.807, 2.05) is 29.8 Å². The fourth-order valence-corrected chi connectivity index (χ4v) is 2.14. The van der Waals surface area contributed by atoms with E-state index >= 15 is 0 Å². The summed E-state index contributed by atoms with van der Waals surface area (Å²) in [7, 11) is 0. The van der Waals surface area contributed by atoms with Gasteiger partial charge in [0.2, 0.25) is 0 Å². The van der Waals surface area contributed by atoms with Gasteiger partial charge in [0.1, 0.15) is 5.75 Å². The third kappa shape index (κ3) is 1.64. The van der Waals surface area contributed by atoms with E-state index in [2.05, 4.69) is 24.2 Å². The monoisotopic (exact) mass is 238 g/mol. The van der Waals surface area contributed by atoms with Crippen molar-refractivity contribution >= 4 is 10.9 Å². The maximum Gasteiger partial charge on any atom is 0.117 e. The Bertz CT molecular complexity index is 711. The quantitative estimate of drug-likeness (QED) is 0.706. The molecule has 0 spiro atoms. The normalized spacial score (nSPS) is 11.0. The van der Waals surface area contributed by atoms with Crippen LogP contribution in [-0.4, -0.2) is 14.9 Å². The third-order valence-corrected chi connectivity index (χ3v) is 3.13. The van der Waals surface area contributed by atoms with Gasteiger partial charge >= 0.3 is 0 Å². The Balaban J connectivity index is 2.28. The second-order valence-electron chi connectivity index (χ2n) is 4.53. The molecule has 0 radical (unpaired) electrons. The van der Waals surface area contributed by atoms with Gasteiger partial charge in [0.25, 0.3) is 0 Å². The molecule has 3 rings (SSSR count). The summed E-state index contributed by atoms with van der Waals surface area (Å²) in [4.78, 5) is 0. The first-order chi connectivity index (χ1) is 8.65. The molecule has 18 heavy (non-hydrogen) atoms. The second-order valence-corrected chi connectivity index (χ2v) is 4.53. The Morgan fingerprint density at radius 3 is 2.44 bits per heavy atom. The lowest BCUT2D eigenvalue weighted by atomic mass is 10.2. The first-order valence-corrected chi connectivity index (χ1v) is 5.90. The Hall–Kier alpha value is -2.29. The van der Waals surface area contributed by atoms with Crippen molar-refractivity contribution < 1.29 is 5.11 Å². The summed E-state index contributed by atoms with van der Waals surface area (Å²) in [6.07, 6.45) is 0. The van der Waals surface area contributed by atoms with Gasteiger partial charge in [-0.3, -0.25) is 0 Å². The van der Waals surface area contributed by atoms with E-state index < -0.39 is 0 Å². The molecule has 1 aromatic heterocycles. The smallest absolute Gasteiger partial charge is 0.117 e. The summed E-state index contributed by atoms with van der Waals surface area (Å²) in [6, 6.07) is 13.5. The lowest BCUT2D eigenvalue weighted by Crippen LogP contribution is -1.96. The Kier molecular flexibility index (Phi) is 2.33. The molecule has 3 aromatic rings. The van der Waals surface area contributed by atoms with Crippen LogP contribution < -0.4 is 0 Å².